The Balaban J connectivity index is 2.10. The van der Waals surface area contributed by atoms with Crippen LogP contribution in [0.2, 0.25) is 0 Å². The minimum atomic E-state index is -0.0889. The van der Waals surface area contributed by atoms with Crippen molar-refractivity contribution in [2.24, 2.45) is 0 Å². The molecule has 0 aliphatic carbocycles. The minimum Gasteiger partial charge on any atom is -0.350 e. The van der Waals surface area contributed by atoms with Crippen molar-refractivity contribution in [3.05, 3.63) is 42.6 Å². The predicted octanol–water partition coefficient (Wildman–Crippen LogP) is 1.80. The standard InChI is InChI=1S/C13H16N4O/c1-3-10(2)16-13(18)11-4-5-12(15-8-11)17-7-6-14-9-17/h4-10H,3H2,1-2H3,(H,16,18). The van der Waals surface area contributed by atoms with Crippen LogP contribution in [0.1, 0.15) is 30.6 Å². The third kappa shape index (κ3) is 2.74. The topological polar surface area (TPSA) is 59.8 Å². The summed E-state index contributed by atoms with van der Waals surface area (Å²) in [5.41, 5.74) is 0.569. The van der Waals surface area contributed by atoms with E-state index in [0.29, 0.717) is 5.56 Å². The lowest BCUT2D eigenvalue weighted by atomic mass is 10.2. The van der Waals surface area contributed by atoms with Crippen LogP contribution in [-0.2, 0) is 0 Å². The highest BCUT2D eigenvalue weighted by atomic mass is 16.1. The highest BCUT2D eigenvalue weighted by Crippen LogP contribution is 2.05. The largest absolute Gasteiger partial charge is 0.350 e. The number of carbonyl (C=O) groups is 1. The Hall–Kier alpha value is -2.17. The van der Waals surface area contributed by atoms with E-state index < -0.39 is 0 Å². The summed E-state index contributed by atoms with van der Waals surface area (Å²) < 4.78 is 1.79. The summed E-state index contributed by atoms with van der Waals surface area (Å²) in [6, 6.07) is 3.73. The smallest absolute Gasteiger partial charge is 0.253 e. The van der Waals surface area contributed by atoms with Crippen LogP contribution in [0.15, 0.2) is 37.1 Å². The zero-order valence-electron chi connectivity index (χ0n) is 10.5. The average Bonchev–Trinajstić information content (AvgIpc) is 2.92. The Morgan fingerprint density at radius 2 is 2.33 bits per heavy atom. The van der Waals surface area contributed by atoms with Crippen LogP contribution in [0.4, 0.5) is 0 Å². The van der Waals surface area contributed by atoms with Crippen LogP contribution < -0.4 is 5.32 Å². The molecule has 1 amide bonds. The maximum atomic E-state index is 11.8. The first-order chi connectivity index (χ1) is 8.70. The fourth-order valence-electron chi connectivity index (χ4n) is 1.48. The lowest BCUT2D eigenvalue weighted by Gasteiger charge is -2.11. The van der Waals surface area contributed by atoms with Crippen molar-refractivity contribution in [2.75, 3.05) is 0 Å². The van der Waals surface area contributed by atoms with Crippen molar-refractivity contribution in [3.63, 3.8) is 0 Å². The molecule has 0 aliphatic rings. The number of hydrogen-bond donors (Lipinski definition) is 1. The Morgan fingerprint density at radius 1 is 1.50 bits per heavy atom. The number of pyridine rings is 1. The summed E-state index contributed by atoms with van der Waals surface area (Å²) >= 11 is 0. The van der Waals surface area contributed by atoms with Crippen molar-refractivity contribution in [3.8, 4) is 5.82 Å². The number of aromatic nitrogens is 3. The molecule has 2 aromatic heterocycles. The second-order valence-corrected chi connectivity index (χ2v) is 4.16. The maximum absolute atomic E-state index is 11.8. The zero-order chi connectivity index (χ0) is 13.0. The van der Waals surface area contributed by atoms with E-state index in [0.717, 1.165) is 12.2 Å². The molecule has 94 valence electrons. The molecule has 0 bridgehead atoms. The van der Waals surface area contributed by atoms with E-state index in [4.69, 9.17) is 0 Å². The van der Waals surface area contributed by atoms with Gasteiger partial charge in [-0.2, -0.15) is 0 Å². The van der Waals surface area contributed by atoms with E-state index in [1.54, 1.807) is 41.6 Å². The molecule has 0 saturated carbocycles. The van der Waals surface area contributed by atoms with Gasteiger partial charge >= 0.3 is 0 Å². The fraction of sp³-hybridized carbons (Fsp3) is 0.308. The van der Waals surface area contributed by atoms with E-state index in [1.165, 1.54) is 0 Å². The van der Waals surface area contributed by atoms with E-state index in [2.05, 4.69) is 15.3 Å². The predicted molar refractivity (Wildman–Crippen MR) is 68.6 cm³/mol. The van der Waals surface area contributed by atoms with Gasteiger partial charge in [0, 0.05) is 24.6 Å². The van der Waals surface area contributed by atoms with Crippen LogP contribution >= 0.6 is 0 Å². The van der Waals surface area contributed by atoms with Gasteiger partial charge < -0.3 is 5.32 Å². The van der Waals surface area contributed by atoms with Crippen molar-refractivity contribution in [1.82, 2.24) is 19.9 Å². The molecule has 1 atom stereocenters. The summed E-state index contributed by atoms with van der Waals surface area (Å²) in [6.45, 7) is 4.01. The van der Waals surface area contributed by atoms with Gasteiger partial charge in [0.1, 0.15) is 12.1 Å². The van der Waals surface area contributed by atoms with Gasteiger partial charge in [0.15, 0.2) is 0 Å². The van der Waals surface area contributed by atoms with Crippen LogP contribution in [0, 0.1) is 0 Å². The first-order valence-electron chi connectivity index (χ1n) is 5.96. The molecule has 18 heavy (non-hydrogen) atoms. The van der Waals surface area contributed by atoms with E-state index in [9.17, 15) is 4.79 Å². The molecule has 0 aromatic carbocycles. The van der Waals surface area contributed by atoms with Gasteiger partial charge in [0.2, 0.25) is 0 Å². The highest BCUT2D eigenvalue weighted by Gasteiger charge is 2.08. The third-order valence-corrected chi connectivity index (χ3v) is 2.77. The number of amides is 1. The monoisotopic (exact) mass is 244 g/mol. The van der Waals surface area contributed by atoms with Gasteiger partial charge in [-0.3, -0.25) is 9.36 Å². The molecule has 2 heterocycles. The molecule has 0 aliphatic heterocycles. The first kappa shape index (κ1) is 12.3. The number of carbonyl (C=O) groups excluding carboxylic acids is 1. The molecule has 0 radical (unpaired) electrons. The average molecular weight is 244 g/mol. The quantitative estimate of drug-likeness (QED) is 0.892. The Labute approximate surface area is 106 Å². The lowest BCUT2D eigenvalue weighted by Crippen LogP contribution is -2.31. The molecule has 2 aromatic rings. The van der Waals surface area contributed by atoms with E-state index >= 15 is 0 Å². The maximum Gasteiger partial charge on any atom is 0.253 e. The number of rotatable bonds is 4. The van der Waals surface area contributed by atoms with E-state index in [-0.39, 0.29) is 11.9 Å². The van der Waals surface area contributed by atoms with Gasteiger partial charge in [-0.25, -0.2) is 9.97 Å². The fourth-order valence-corrected chi connectivity index (χ4v) is 1.48. The molecule has 0 spiro atoms. The van der Waals surface area contributed by atoms with Gasteiger partial charge in [-0.15, -0.1) is 0 Å². The van der Waals surface area contributed by atoms with Gasteiger partial charge in [0.05, 0.1) is 5.56 Å². The molecule has 1 unspecified atom stereocenters. The third-order valence-electron chi connectivity index (χ3n) is 2.77. The Morgan fingerprint density at radius 3 is 2.89 bits per heavy atom. The normalized spacial score (nSPS) is 12.1. The summed E-state index contributed by atoms with van der Waals surface area (Å²) in [6.07, 6.45) is 7.65. The van der Waals surface area contributed by atoms with E-state index in [1.807, 2.05) is 13.8 Å². The molecule has 0 saturated heterocycles. The zero-order valence-corrected chi connectivity index (χ0v) is 10.5. The molecule has 1 N–H and O–H groups in total. The Kier molecular flexibility index (Phi) is 3.72. The molecular weight excluding hydrogens is 228 g/mol. The SMILES string of the molecule is CCC(C)NC(=O)c1ccc(-n2ccnc2)nc1. The summed E-state index contributed by atoms with van der Waals surface area (Å²) in [7, 11) is 0. The number of nitrogens with one attached hydrogen (secondary N) is 1. The van der Waals surface area contributed by atoms with Gasteiger partial charge in [-0.05, 0) is 25.5 Å². The summed E-state index contributed by atoms with van der Waals surface area (Å²) in [4.78, 5) is 20.0. The van der Waals surface area contributed by atoms with Gasteiger partial charge in [-0.1, -0.05) is 6.92 Å². The minimum absolute atomic E-state index is 0.0889. The number of imidazole rings is 1. The molecule has 0 fully saturated rings. The highest BCUT2D eigenvalue weighted by molar-refractivity contribution is 5.94. The van der Waals surface area contributed by atoms with Crippen molar-refractivity contribution in [1.29, 1.82) is 0 Å². The number of hydrogen-bond acceptors (Lipinski definition) is 3. The van der Waals surface area contributed by atoms with Crippen LogP contribution in [0.25, 0.3) is 5.82 Å². The molecule has 2 rings (SSSR count). The Bertz CT molecular complexity index is 504. The van der Waals surface area contributed by atoms with Crippen molar-refractivity contribution < 1.29 is 4.79 Å². The summed E-state index contributed by atoms with van der Waals surface area (Å²) in [5, 5.41) is 2.90. The van der Waals surface area contributed by atoms with Gasteiger partial charge in [0.25, 0.3) is 5.91 Å². The van der Waals surface area contributed by atoms with Crippen LogP contribution in [0.3, 0.4) is 0 Å². The molecule has 5 nitrogen and oxygen atoms in total. The van der Waals surface area contributed by atoms with Crippen LogP contribution in [0.5, 0.6) is 0 Å². The van der Waals surface area contributed by atoms with Crippen molar-refractivity contribution in [2.45, 2.75) is 26.3 Å². The second-order valence-electron chi connectivity index (χ2n) is 4.16. The van der Waals surface area contributed by atoms with Crippen LogP contribution in [-0.4, -0.2) is 26.5 Å². The first-order valence-corrected chi connectivity index (χ1v) is 5.96. The lowest BCUT2D eigenvalue weighted by molar-refractivity contribution is 0.0939. The summed E-state index contributed by atoms with van der Waals surface area (Å²) in [5.74, 6) is 0.654. The molecular formula is C13H16N4O. The number of nitrogens with zero attached hydrogens (tertiary/aromatic N) is 3. The van der Waals surface area contributed by atoms with Crippen molar-refractivity contribution >= 4 is 5.91 Å². The molecule has 5 heteroatoms. The second kappa shape index (κ2) is 5.44.